The average Bonchev–Trinajstić information content (AvgIpc) is 3.78. The summed E-state index contributed by atoms with van der Waals surface area (Å²) >= 11 is 1.82. The summed E-state index contributed by atoms with van der Waals surface area (Å²) in [5.41, 5.74) is 9.59. The predicted molar refractivity (Wildman–Crippen MR) is 198 cm³/mol. The number of hydrogen-bond donors (Lipinski definition) is 0. The Hall–Kier alpha value is -5.97. The number of para-hydroxylation sites is 3. The molecule has 0 aliphatic carbocycles. The lowest BCUT2D eigenvalue weighted by molar-refractivity contribution is 0.660. The van der Waals surface area contributed by atoms with Crippen molar-refractivity contribution in [3.05, 3.63) is 150 Å². The molecule has 0 saturated heterocycles. The van der Waals surface area contributed by atoms with Crippen LogP contribution in [-0.4, -0.2) is 4.40 Å². The maximum atomic E-state index is 13.3. The SMILES string of the molecule is O=c1c2ccccc2oc2ccc(-c3ccc4c(c3)sc3cc(-c5cccc6c5c5cccc7c8ccccc8n6c75)ccc34)cc12. The summed E-state index contributed by atoms with van der Waals surface area (Å²) in [6, 6.07) is 49.0. The van der Waals surface area contributed by atoms with Gasteiger partial charge in [0.15, 0.2) is 0 Å². The van der Waals surface area contributed by atoms with Gasteiger partial charge in [0.2, 0.25) is 5.43 Å². The van der Waals surface area contributed by atoms with Gasteiger partial charge in [-0.15, -0.1) is 11.3 Å². The molecule has 0 unspecified atom stereocenters. The van der Waals surface area contributed by atoms with Gasteiger partial charge in [0.1, 0.15) is 11.2 Å². The van der Waals surface area contributed by atoms with Crippen molar-refractivity contribution in [3.8, 4) is 22.3 Å². The van der Waals surface area contributed by atoms with Crippen LogP contribution in [0.15, 0.2) is 149 Å². The Morgan fingerprint density at radius 1 is 0.468 bits per heavy atom. The first-order valence-corrected chi connectivity index (χ1v) is 16.6. The monoisotopic (exact) mass is 617 g/mol. The largest absolute Gasteiger partial charge is 0.456 e. The first-order chi connectivity index (χ1) is 23.2. The maximum Gasteiger partial charge on any atom is 0.200 e. The molecule has 0 radical (unpaired) electrons. The molecule has 0 aliphatic rings. The van der Waals surface area contributed by atoms with E-state index in [0.717, 1.165) is 11.1 Å². The maximum absolute atomic E-state index is 13.3. The van der Waals surface area contributed by atoms with E-state index in [1.54, 1.807) is 0 Å². The van der Waals surface area contributed by atoms with E-state index < -0.39 is 0 Å². The Morgan fingerprint density at radius 3 is 2.00 bits per heavy atom. The van der Waals surface area contributed by atoms with Gasteiger partial charge in [-0.25, -0.2) is 0 Å². The van der Waals surface area contributed by atoms with E-state index in [0.29, 0.717) is 21.9 Å². The number of rotatable bonds is 2. The van der Waals surface area contributed by atoms with Crippen molar-refractivity contribution in [2.75, 3.05) is 0 Å². The van der Waals surface area contributed by atoms with E-state index in [4.69, 9.17) is 4.42 Å². The van der Waals surface area contributed by atoms with E-state index >= 15 is 0 Å². The lowest BCUT2D eigenvalue weighted by atomic mass is 9.97. The molecular formula is C43H23NO2S. The van der Waals surface area contributed by atoms with Gasteiger partial charge in [-0.2, -0.15) is 0 Å². The third kappa shape index (κ3) is 3.37. The highest BCUT2D eigenvalue weighted by Crippen LogP contribution is 2.44. The average molecular weight is 618 g/mol. The summed E-state index contributed by atoms with van der Waals surface area (Å²) in [7, 11) is 0. The van der Waals surface area contributed by atoms with Crippen molar-refractivity contribution in [3.63, 3.8) is 0 Å². The van der Waals surface area contributed by atoms with Gasteiger partial charge in [-0.05, 0) is 70.8 Å². The fraction of sp³-hybridized carbons (Fsp3) is 0. The van der Waals surface area contributed by atoms with Crippen molar-refractivity contribution in [1.29, 1.82) is 0 Å². The van der Waals surface area contributed by atoms with Crippen molar-refractivity contribution in [2.45, 2.75) is 0 Å². The highest BCUT2D eigenvalue weighted by atomic mass is 32.1. The van der Waals surface area contributed by atoms with Gasteiger partial charge in [0.05, 0.1) is 27.3 Å². The molecule has 0 saturated carbocycles. The Labute approximate surface area is 271 Å². The van der Waals surface area contributed by atoms with Gasteiger partial charge in [0.25, 0.3) is 0 Å². The van der Waals surface area contributed by atoms with Crippen molar-refractivity contribution < 1.29 is 4.42 Å². The zero-order valence-corrected chi connectivity index (χ0v) is 25.8. The van der Waals surface area contributed by atoms with Crippen LogP contribution >= 0.6 is 11.3 Å². The molecule has 4 heterocycles. The van der Waals surface area contributed by atoms with Crippen molar-refractivity contribution in [2.24, 2.45) is 0 Å². The summed E-state index contributed by atoms with van der Waals surface area (Å²) in [4.78, 5) is 13.3. The van der Waals surface area contributed by atoms with Gasteiger partial charge in [-0.1, -0.05) is 91.0 Å². The van der Waals surface area contributed by atoms with Crippen molar-refractivity contribution >= 4 is 91.5 Å². The summed E-state index contributed by atoms with van der Waals surface area (Å²) < 4.78 is 11.0. The number of nitrogens with zero attached hydrogens (tertiary/aromatic N) is 1. The second kappa shape index (κ2) is 9.06. The minimum absolute atomic E-state index is 0.00345. The van der Waals surface area contributed by atoms with Crippen LogP contribution in [0.5, 0.6) is 0 Å². The minimum Gasteiger partial charge on any atom is -0.456 e. The molecule has 7 aromatic carbocycles. The molecule has 11 aromatic rings. The lowest BCUT2D eigenvalue weighted by Crippen LogP contribution is -2.01. The summed E-state index contributed by atoms with van der Waals surface area (Å²) in [5.74, 6) is 0. The topological polar surface area (TPSA) is 34.6 Å². The van der Waals surface area contributed by atoms with Crippen LogP contribution in [0.25, 0.3) is 102 Å². The molecule has 218 valence electrons. The minimum atomic E-state index is 0.00345. The van der Waals surface area contributed by atoms with E-state index in [2.05, 4.69) is 101 Å². The Morgan fingerprint density at radius 2 is 1.11 bits per heavy atom. The highest BCUT2D eigenvalue weighted by Gasteiger charge is 2.20. The lowest BCUT2D eigenvalue weighted by Gasteiger charge is -2.06. The zero-order chi connectivity index (χ0) is 30.8. The molecule has 11 rings (SSSR count). The normalized spacial score (nSPS) is 12.3. The number of aromatic nitrogens is 1. The number of fused-ring (bicyclic) bond motifs is 11. The van der Waals surface area contributed by atoms with Crippen LogP contribution in [0.2, 0.25) is 0 Å². The summed E-state index contributed by atoms with van der Waals surface area (Å²) in [6.07, 6.45) is 0. The molecule has 0 atom stereocenters. The van der Waals surface area contributed by atoms with E-state index in [1.807, 2.05) is 53.8 Å². The van der Waals surface area contributed by atoms with E-state index in [1.165, 1.54) is 69.4 Å². The van der Waals surface area contributed by atoms with Crippen LogP contribution in [-0.2, 0) is 0 Å². The summed E-state index contributed by atoms with van der Waals surface area (Å²) in [5, 5.41) is 8.92. The first kappa shape index (κ1) is 25.2. The number of hydrogen-bond acceptors (Lipinski definition) is 3. The standard InChI is InChI=1S/C43H23NO2S/c45-43-32-8-2-4-14-37(32)46-38-20-17-24(21-34(38)43)25-15-18-29-30-19-16-26(23-40(30)47-39(29)22-25)27-9-6-13-36-41(27)33-11-5-10-31-28-7-1-3-12-35(28)44(36)42(31)33/h1-23H. The Bertz CT molecular complexity index is 3160. The first-order valence-electron chi connectivity index (χ1n) is 15.8. The molecule has 4 heteroatoms. The molecule has 3 nitrogen and oxygen atoms in total. The van der Waals surface area contributed by atoms with Crippen LogP contribution in [0.1, 0.15) is 0 Å². The van der Waals surface area contributed by atoms with E-state index in [-0.39, 0.29) is 5.43 Å². The fourth-order valence-electron chi connectivity index (χ4n) is 7.83. The number of benzene rings is 7. The Kier molecular flexibility index (Phi) is 4.87. The molecule has 0 fully saturated rings. The van der Waals surface area contributed by atoms with E-state index in [9.17, 15) is 4.79 Å². The third-order valence-electron chi connectivity index (χ3n) is 9.94. The third-order valence-corrected chi connectivity index (χ3v) is 11.1. The molecule has 0 N–H and O–H groups in total. The second-order valence-electron chi connectivity index (χ2n) is 12.4. The smallest absolute Gasteiger partial charge is 0.200 e. The molecule has 0 amide bonds. The zero-order valence-electron chi connectivity index (χ0n) is 25.0. The predicted octanol–water partition coefficient (Wildman–Crippen LogP) is 11.8. The van der Waals surface area contributed by atoms with Gasteiger partial charge in [0, 0.05) is 41.7 Å². The van der Waals surface area contributed by atoms with Crippen LogP contribution in [0, 0.1) is 0 Å². The van der Waals surface area contributed by atoms with Crippen molar-refractivity contribution in [1.82, 2.24) is 4.40 Å². The molecule has 4 aromatic heterocycles. The van der Waals surface area contributed by atoms with Gasteiger partial charge < -0.3 is 8.82 Å². The van der Waals surface area contributed by atoms with Crippen LogP contribution in [0.4, 0.5) is 0 Å². The fourth-order valence-corrected chi connectivity index (χ4v) is 9.01. The van der Waals surface area contributed by atoms with Crippen LogP contribution < -0.4 is 5.43 Å². The molecule has 0 spiro atoms. The number of thiophene rings is 1. The molecular weight excluding hydrogens is 595 g/mol. The summed E-state index contributed by atoms with van der Waals surface area (Å²) in [6.45, 7) is 0. The molecule has 0 bridgehead atoms. The van der Waals surface area contributed by atoms with Gasteiger partial charge >= 0.3 is 0 Å². The van der Waals surface area contributed by atoms with Gasteiger partial charge in [-0.3, -0.25) is 4.79 Å². The second-order valence-corrected chi connectivity index (χ2v) is 13.5. The highest BCUT2D eigenvalue weighted by molar-refractivity contribution is 7.25. The Balaban J connectivity index is 1.07. The quantitative estimate of drug-likeness (QED) is 0.181. The van der Waals surface area contributed by atoms with Crippen LogP contribution in [0.3, 0.4) is 0 Å². The molecule has 0 aliphatic heterocycles. The molecule has 47 heavy (non-hydrogen) atoms.